The first-order valence-electron chi connectivity index (χ1n) is 6.88. The summed E-state index contributed by atoms with van der Waals surface area (Å²) in [6.07, 6.45) is 2.29. The molecule has 1 aliphatic heterocycles. The third-order valence-corrected chi connectivity index (χ3v) is 4.22. The molecule has 5 nitrogen and oxygen atoms in total. The summed E-state index contributed by atoms with van der Waals surface area (Å²) in [6.45, 7) is 4.72. The molecular formula is C14H21Cl2N3O2. The van der Waals surface area contributed by atoms with E-state index in [2.05, 4.69) is 4.90 Å². The summed E-state index contributed by atoms with van der Waals surface area (Å²) in [4.78, 5) is 12.8. The minimum absolute atomic E-state index is 0. The molecule has 2 unspecified atom stereocenters. The first-order valence-corrected chi connectivity index (χ1v) is 7.26. The number of nitrogens with two attached hydrogens (primary N) is 1. The number of nitrogens with zero attached hydrogens (tertiary/aromatic N) is 2. The lowest BCUT2D eigenvalue weighted by Crippen LogP contribution is -2.41. The fourth-order valence-corrected chi connectivity index (χ4v) is 2.91. The minimum atomic E-state index is -0.438. The summed E-state index contributed by atoms with van der Waals surface area (Å²) < 4.78 is 0. The van der Waals surface area contributed by atoms with Crippen LogP contribution in [0.1, 0.15) is 25.3 Å². The molecular weight excluding hydrogens is 313 g/mol. The number of rotatable bonds is 4. The van der Waals surface area contributed by atoms with Crippen molar-refractivity contribution < 1.29 is 4.92 Å². The molecule has 1 heterocycles. The Labute approximate surface area is 136 Å². The summed E-state index contributed by atoms with van der Waals surface area (Å²) in [6, 6.07) is 5.21. The van der Waals surface area contributed by atoms with Crippen molar-refractivity contribution in [3.05, 3.63) is 38.9 Å². The number of benzene rings is 1. The molecule has 0 radical (unpaired) electrons. The van der Waals surface area contributed by atoms with Crippen LogP contribution in [0, 0.1) is 16.0 Å². The monoisotopic (exact) mass is 333 g/mol. The van der Waals surface area contributed by atoms with Crippen LogP contribution in [-0.2, 0) is 6.54 Å². The van der Waals surface area contributed by atoms with Gasteiger partial charge in [0.15, 0.2) is 0 Å². The quantitative estimate of drug-likeness (QED) is 0.678. The van der Waals surface area contributed by atoms with Gasteiger partial charge >= 0.3 is 0 Å². The van der Waals surface area contributed by atoms with Crippen molar-refractivity contribution in [3.8, 4) is 0 Å². The average Bonchev–Trinajstić information content (AvgIpc) is 2.41. The Morgan fingerprint density at radius 3 is 2.90 bits per heavy atom. The Balaban J connectivity index is 0.00000220. The molecule has 0 aromatic heterocycles. The number of nitro benzene ring substituents is 1. The molecule has 1 aliphatic rings. The highest BCUT2D eigenvalue weighted by molar-refractivity contribution is 6.32. The van der Waals surface area contributed by atoms with Gasteiger partial charge in [0, 0.05) is 25.2 Å². The number of likely N-dealkylation sites (tertiary alicyclic amines) is 1. The molecule has 2 atom stereocenters. The van der Waals surface area contributed by atoms with Crippen LogP contribution in [-0.4, -0.2) is 29.0 Å². The van der Waals surface area contributed by atoms with Gasteiger partial charge in [-0.3, -0.25) is 15.0 Å². The van der Waals surface area contributed by atoms with Gasteiger partial charge in [0.25, 0.3) is 5.69 Å². The zero-order valence-electron chi connectivity index (χ0n) is 12.0. The Morgan fingerprint density at radius 2 is 2.29 bits per heavy atom. The third kappa shape index (κ3) is 4.81. The number of hydrogen-bond acceptors (Lipinski definition) is 4. The molecule has 1 aromatic rings. The van der Waals surface area contributed by atoms with Crippen molar-refractivity contribution in [3.63, 3.8) is 0 Å². The molecule has 118 valence electrons. The first-order chi connectivity index (χ1) is 9.47. The van der Waals surface area contributed by atoms with Gasteiger partial charge in [-0.05, 0) is 43.9 Å². The highest BCUT2D eigenvalue weighted by Gasteiger charge is 2.23. The maximum Gasteiger partial charge on any atom is 0.288 e. The highest BCUT2D eigenvalue weighted by atomic mass is 35.5. The van der Waals surface area contributed by atoms with E-state index >= 15 is 0 Å². The summed E-state index contributed by atoms with van der Waals surface area (Å²) in [5, 5.41) is 11.1. The standard InChI is InChI=1S/C14H20ClN3O2.ClH/c1-10(16)12-3-2-6-17(9-12)8-11-4-5-13(15)14(7-11)18(19)20;/h4-5,7,10,12H,2-3,6,8-9,16H2,1H3;1H. The van der Waals surface area contributed by atoms with Gasteiger partial charge in [-0.1, -0.05) is 17.7 Å². The van der Waals surface area contributed by atoms with Crippen molar-refractivity contribution >= 4 is 29.7 Å². The predicted molar refractivity (Wildman–Crippen MR) is 87.0 cm³/mol. The zero-order chi connectivity index (χ0) is 14.7. The van der Waals surface area contributed by atoms with Crippen molar-refractivity contribution in [1.82, 2.24) is 4.90 Å². The van der Waals surface area contributed by atoms with E-state index in [-0.39, 0.29) is 29.2 Å². The van der Waals surface area contributed by atoms with E-state index < -0.39 is 4.92 Å². The molecule has 1 saturated heterocycles. The van der Waals surface area contributed by atoms with E-state index in [1.807, 2.05) is 13.0 Å². The molecule has 1 aromatic carbocycles. The smallest absolute Gasteiger partial charge is 0.288 e. The fraction of sp³-hybridized carbons (Fsp3) is 0.571. The van der Waals surface area contributed by atoms with Gasteiger partial charge in [-0.15, -0.1) is 12.4 Å². The van der Waals surface area contributed by atoms with Crippen LogP contribution < -0.4 is 5.73 Å². The number of halogens is 2. The predicted octanol–water partition coefficient (Wildman–Crippen LogP) is 3.23. The fourth-order valence-electron chi connectivity index (χ4n) is 2.72. The highest BCUT2D eigenvalue weighted by Crippen LogP contribution is 2.27. The van der Waals surface area contributed by atoms with Crippen LogP contribution in [0.25, 0.3) is 0 Å². The molecule has 0 bridgehead atoms. The van der Waals surface area contributed by atoms with Crippen molar-refractivity contribution in [1.29, 1.82) is 0 Å². The SMILES string of the molecule is CC(N)C1CCCN(Cc2ccc(Cl)c([N+](=O)[O-])c2)C1.Cl. The number of piperidine rings is 1. The molecule has 1 fully saturated rings. The average molecular weight is 334 g/mol. The van der Waals surface area contributed by atoms with Gasteiger partial charge in [-0.2, -0.15) is 0 Å². The minimum Gasteiger partial charge on any atom is -0.328 e. The van der Waals surface area contributed by atoms with Gasteiger partial charge in [0.05, 0.1) is 4.92 Å². The van der Waals surface area contributed by atoms with Crippen LogP contribution in [0.2, 0.25) is 5.02 Å². The van der Waals surface area contributed by atoms with Gasteiger partial charge < -0.3 is 5.73 Å². The Hall–Kier alpha value is -0.880. The summed E-state index contributed by atoms with van der Waals surface area (Å²) >= 11 is 5.83. The van der Waals surface area contributed by atoms with E-state index in [9.17, 15) is 10.1 Å². The van der Waals surface area contributed by atoms with E-state index in [0.717, 1.165) is 31.5 Å². The second-order valence-corrected chi connectivity index (χ2v) is 5.95. The molecule has 0 aliphatic carbocycles. The van der Waals surface area contributed by atoms with Crippen LogP contribution in [0.4, 0.5) is 5.69 Å². The van der Waals surface area contributed by atoms with Gasteiger partial charge in [0.1, 0.15) is 5.02 Å². The van der Waals surface area contributed by atoms with Crippen LogP contribution in [0.5, 0.6) is 0 Å². The van der Waals surface area contributed by atoms with E-state index in [1.54, 1.807) is 12.1 Å². The Morgan fingerprint density at radius 1 is 1.57 bits per heavy atom. The number of hydrogen-bond donors (Lipinski definition) is 1. The third-order valence-electron chi connectivity index (χ3n) is 3.90. The van der Waals surface area contributed by atoms with E-state index in [4.69, 9.17) is 17.3 Å². The van der Waals surface area contributed by atoms with Crippen molar-refractivity contribution in [2.24, 2.45) is 11.7 Å². The number of nitro groups is 1. The maximum atomic E-state index is 10.9. The maximum absolute atomic E-state index is 10.9. The van der Waals surface area contributed by atoms with E-state index in [1.165, 1.54) is 0 Å². The summed E-state index contributed by atoms with van der Waals surface area (Å²) in [5.74, 6) is 0.506. The molecule has 2 N–H and O–H groups in total. The van der Waals surface area contributed by atoms with Crippen LogP contribution in [0.15, 0.2) is 18.2 Å². The summed E-state index contributed by atoms with van der Waals surface area (Å²) in [5.41, 5.74) is 6.87. The lowest BCUT2D eigenvalue weighted by Gasteiger charge is -2.34. The Kier molecular flexibility index (Phi) is 6.87. The Bertz CT molecular complexity index is 497. The van der Waals surface area contributed by atoms with Gasteiger partial charge in [-0.25, -0.2) is 0 Å². The van der Waals surface area contributed by atoms with E-state index in [0.29, 0.717) is 12.5 Å². The van der Waals surface area contributed by atoms with Gasteiger partial charge in [0.2, 0.25) is 0 Å². The zero-order valence-corrected chi connectivity index (χ0v) is 13.6. The molecule has 21 heavy (non-hydrogen) atoms. The normalized spacial score (nSPS) is 20.6. The largest absolute Gasteiger partial charge is 0.328 e. The second kappa shape index (κ2) is 7.94. The van der Waals surface area contributed by atoms with Crippen molar-refractivity contribution in [2.75, 3.05) is 13.1 Å². The molecule has 0 amide bonds. The summed E-state index contributed by atoms with van der Waals surface area (Å²) in [7, 11) is 0. The molecule has 0 spiro atoms. The van der Waals surface area contributed by atoms with Crippen LogP contribution >= 0.6 is 24.0 Å². The topological polar surface area (TPSA) is 72.4 Å². The second-order valence-electron chi connectivity index (χ2n) is 5.54. The first kappa shape index (κ1) is 18.2. The molecule has 2 rings (SSSR count). The lowest BCUT2D eigenvalue weighted by molar-refractivity contribution is -0.384. The molecule has 7 heteroatoms. The molecule has 0 saturated carbocycles. The van der Waals surface area contributed by atoms with Crippen LogP contribution in [0.3, 0.4) is 0 Å². The lowest BCUT2D eigenvalue weighted by atomic mass is 9.92. The van der Waals surface area contributed by atoms with Crippen molar-refractivity contribution in [2.45, 2.75) is 32.4 Å².